The number of fused-ring (bicyclic) bond motifs is 1. The summed E-state index contributed by atoms with van der Waals surface area (Å²) in [4.78, 5) is 15.2. The van der Waals surface area contributed by atoms with Gasteiger partial charge in [0.15, 0.2) is 11.0 Å². The van der Waals surface area contributed by atoms with E-state index in [4.69, 9.17) is 0 Å². The van der Waals surface area contributed by atoms with E-state index in [1.807, 2.05) is 0 Å². The third kappa shape index (κ3) is 4.96. The van der Waals surface area contributed by atoms with Crippen LogP contribution in [0.4, 0.5) is 23.2 Å². The van der Waals surface area contributed by atoms with Crippen molar-refractivity contribution in [3.63, 3.8) is 0 Å². The molecule has 0 radical (unpaired) electrons. The fraction of sp³-hybridized carbons (Fsp3) is 0.348. The minimum Gasteiger partial charge on any atom is -0.508 e. The molecule has 10 heteroatoms. The van der Waals surface area contributed by atoms with E-state index in [9.17, 15) is 37.7 Å². The first kappa shape index (κ1) is 24.5. The van der Waals surface area contributed by atoms with Crippen LogP contribution in [0.3, 0.4) is 0 Å². The van der Waals surface area contributed by atoms with Gasteiger partial charge in [-0.3, -0.25) is 4.79 Å². The van der Waals surface area contributed by atoms with Crippen molar-refractivity contribution < 1.29 is 32.9 Å². The summed E-state index contributed by atoms with van der Waals surface area (Å²) in [6.07, 6.45) is -4.58. The van der Waals surface area contributed by atoms with Gasteiger partial charge >= 0.3 is 6.18 Å². The lowest BCUT2D eigenvalue weighted by Gasteiger charge is -2.38. The Morgan fingerprint density at radius 2 is 1.79 bits per heavy atom. The summed E-state index contributed by atoms with van der Waals surface area (Å²) in [7, 11) is 0. The second-order valence-electron chi connectivity index (χ2n) is 8.67. The van der Waals surface area contributed by atoms with Crippen molar-refractivity contribution in [3.8, 4) is 5.75 Å². The summed E-state index contributed by atoms with van der Waals surface area (Å²) in [5.41, 5.74) is -4.56. The number of hydrogen-bond acceptors (Lipinski definition) is 5. The first-order valence-corrected chi connectivity index (χ1v) is 10.0. The van der Waals surface area contributed by atoms with Crippen molar-refractivity contribution in [1.82, 2.24) is 4.98 Å². The smallest absolute Gasteiger partial charge is 0.418 e. The number of phenols is 1. The summed E-state index contributed by atoms with van der Waals surface area (Å²) in [6, 6.07) is 7.22. The number of nitrogens with one attached hydrogen (secondary N) is 2. The van der Waals surface area contributed by atoms with Crippen LogP contribution in [0.5, 0.6) is 5.75 Å². The Hall–Kier alpha value is -3.11. The number of aromatic hydroxyl groups is 1. The number of aromatic nitrogens is 1. The predicted molar refractivity (Wildman–Crippen MR) is 116 cm³/mol. The molecule has 5 N–H and O–H groups in total. The van der Waals surface area contributed by atoms with Crippen molar-refractivity contribution in [2.45, 2.75) is 44.1 Å². The van der Waals surface area contributed by atoms with Crippen molar-refractivity contribution >= 4 is 16.6 Å². The molecule has 1 aromatic heterocycles. The maximum atomic E-state index is 13.9. The average Bonchev–Trinajstić information content (AvgIpc) is 2.73. The number of benzene rings is 2. The summed E-state index contributed by atoms with van der Waals surface area (Å²) in [5, 5.41) is 32.6. The van der Waals surface area contributed by atoms with Gasteiger partial charge in [-0.1, -0.05) is 13.8 Å². The Labute approximate surface area is 186 Å². The molecule has 6 nitrogen and oxygen atoms in total. The highest BCUT2D eigenvalue weighted by molar-refractivity contribution is 5.82. The molecule has 0 aliphatic carbocycles. The normalized spacial score (nSPS) is 14.3. The fourth-order valence-corrected chi connectivity index (χ4v) is 3.88. The lowest BCUT2D eigenvalue weighted by atomic mass is 9.74. The number of H-pyrrole nitrogens is 1. The first-order chi connectivity index (χ1) is 15.3. The van der Waals surface area contributed by atoms with Crippen LogP contribution in [0.1, 0.15) is 31.4 Å². The van der Waals surface area contributed by atoms with Gasteiger partial charge in [-0.2, -0.15) is 13.2 Å². The number of rotatable bonds is 7. The molecular weight excluding hydrogens is 444 g/mol. The van der Waals surface area contributed by atoms with Gasteiger partial charge in [0.2, 0.25) is 0 Å². The number of phenolic OH excluding ortho intramolecular Hbond substituents is 1. The third-order valence-electron chi connectivity index (χ3n) is 5.66. The minimum absolute atomic E-state index is 0.0704. The molecule has 0 saturated heterocycles. The lowest BCUT2D eigenvalue weighted by Crippen LogP contribution is -2.53. The zero-order valence-electron chi connectivity index (χ0n) is 17.9. The van der Waals surface area contributed by atoms with Crippen LogP contribution in [0, 0.1) is 5.82 Å². The highest BCUT2D eigenvalue weighted by Gasteiger charge is 2.56. The van der Waals surface area contributed by atoms with Gasteiger partial charge in [-0.05, 0) is 48.2 Å². The Morgan fingerprint density at radius 1 is 1.09 bits per heavy atom. The Balaban J connectivity index is 1.91. The van der Waals surface area contributed by atoms with Crippen LogP contribution in [0.25, 0.3) is 10.9 Å². The molecule has 3 aromatic rings. The molecule has 1 unspecified atom stereocenters. The van der Waals surface area contributed by atoms with Gasteiger partial charge in [0.05, 0.1) is 13.2 Å². The van der Waals surface area contributed by atoms with Crippen LogP contribution in [0.2, 0.25) is 0 Å². The summed E-state index contributed by atoms with van der Waals surface area (Å²) in [6.45, 7) is 1.27. The van der Waals surface area contributed by atoms with Crippen LogP contribution in [-0.2, 0) is 12.0 Å². The van der Waals surface area contributed by atoms with E-state index in [0.29, 0.717) is 5.52 Å². The van der Waals surface area contributed by atoms with Crippen molar-refractivity contribution in [3.05, 3.63) is 69.8 Å². The molecule has 2 aromatic carbocycles. The van der Waals surface area contributed by atoms with Gasteiger partial charge in [-0.15, -0.1) is 0 Å². The summed E-state index contributed by atoms with van der Waals surface area (Å²) in [5.74, 6) is -1.11. The molecule has 0 bridgehead atoms. The summed E-state index contributed by atoms with van der Waals surface area (Å²) >= 11 is 0. The first-order valence-electron chi connectivity index (χ1n) is 10.0. The number of aliphatic hydroxyl groups is 2. The molecule has 0 amide bonds. The molecular formula is C23H24F4N2O4. The highest BCUT2D eigenvalue weighted by Crippen LogP contribution is 2.43. The zero-order valence-corrected chi connectivity index (χ0v) is 17.9. The molecule has 0 spiro atoms. The SMILES string of the molecule is CC(C)(CC(O)(CNc1ccc2[nH]cc(CO)c(=O)c2c1)C(F)(F)F)c1cc(F)ccc1O. The third-order valence-corrected chi connectivity index (χ3v) is 5.66. The second kappa shape index (κ2) is 8.68. The van der Waals surface area contributed by atoms with Crippen molar-refractivity contribution in [1.29, 1.82) is 0 Å². The molecule has 178 valence electrons. The number of aliphatic hydroxyl groups excluding tert-OH is 1. The predicted octanol–water partition coefficient (Wildman–Crippen LogP) is 3.94. The lowest BCUT2D eigenvalue weighted by molar-refractivity contribution is -0.260. The van der Waals surface area contributed by atoms with Gasteiger partial charge in [0.25, 0.3) is 0 Å². The van der Waals surface area contributed by atoms with Crippen LogP contribution in [0.15, 0.2) is 47.4 Å². The van der Waals surface area contributed by atoms with Crippen LogP contribution in [-0.4, -0.2) is 38.6 Å². The van der Waals surface area contributed by atoms with E-state index >= 15 is 0 Å². The maximum absolute atomic E-state index is 13.9. The number of anilines is 1. The second-order valence-corrected chi connectivity index (χ2v) is 8.67. The van der Waals surface area contributed by atoms with E-state index in [2.05, 4.69) is 10.3 Å². The zero-order chi connectivity index (χ0) is 24.6. The van der Waals surface area contributed by atoms with E-state index in [-0.39, 0.29) is 28.0 Å². The monoisotopic (exact) mass is 468 g/mol. The van der Waals surface area contributed by atoms with E-state index in [0.717, 1.165) is 18.2 Å². The van der Waals surface area contributed by atoms with Crippen LogP contribution < -0.4 is 10.7 Å². The van der Waals surface area contributed by atoms with Gasteiger partial charge in [0, 0.05) is 33.9 Å². The fourth-order valence-electron chi connectivity index (χ4n) is 3.88. The largest absolute Gasteiger partial charge is 0.508 e. The van der Waals surface area contributed by atoms with E-state index < -0.39 is 48.0 Å². The topological polar surface area (TPSA) is 106 Å². The van der Waals surface area contributed by atoms with E-state index in [1.54, 1.807) is 0 Å². The number of alkyl halides is 3. The number of halogens is 4. The Morgan fingerprint density at radius 3 is 2.42 bits per heavy atom. The van der Waals surface area contributed by atoms with Crippen LogP contribution >= 0.6 is 0 Å². The minimum atomic E-state index is -5.06. The van der Waals surface area contributed by atoms with Gasteiger partial charge in [-0.25, -0.2) is 4.39 Å². The quantitative estimate of drug-likeness (QED) is 0.338. The molecule has 0 aliphatic heterocycles. The Kier molecular flexibility index (Phi) is 6.45. The van der Waals surface area contributed by atoms with Gasteiger partial charge < -0.3 is 25.6 Å². The number of hydrogen-bond donors (Lipinski definition) is 5. The Bertz CT molecular complexity index is 1220. The van der Waals surface area contributed by atoms with Gasteiger partial charge in [0.1, 0.15) is 11.6 Å². The van der Waals surface area contributed by atoms with Crippen molar-refractivity contribution in [2.75, 3.05) is 11.9 Å². The summed E-state index contributed by atoms with van der Waals surface area (Å²) < 4.78 is 55.5. The molecule has 1 atom stereocenters. The number of pyridine rings is 1. The highest BCUT2D eigenvalue weighted by atomic mass is 19.4. The van der Waals surface area contributed by atoms with Crippen molar-refractivity contribution in [2.24, 2.45) is 0 Å². The molecule has 0 aliphatic rings. The molecule has 0 saturated carbocycles. The molecule has 1 heterocycles. The van der Waals surface area contributed by atoms with E-state index in [1.165, 1.54) is 38.2 Å². The average molecular weight is 468 g/mol. The number of aromatic amines is 1. The molecule has 0 fully saturated rings. The molecule has 3 rings (SSSR count). The molecule has 33 heavy (non-hydrogen) atoms. The maximum Gasteiger partial charge on any atom is 0.418 e. The standard InChI is InChI=1S/C23H24F4N2O4/c1-21(2,17-7-14(24)3-6-19(17)31)11-22(33,23(25,26)27)12-29-15-4-5-18-16(8-15)20(32)13(10-30)9-28-18/h3-9,29-31,33H,10-12H2,1-2H3,(H,28,32).